The molecule has 11 rings (SSSR count). The zero-order valence-corrected chi connectivity index (χ0v) is 32.1. The van der Waals surface area contributed by atoms with Crippen LogP contribution in [0, 0.1) is 0 Å². The first kappa shape index (κ1) is 34.4. The molecule has 0 aliphatic heterocycles. The van der Waals surface area contributed by atoms with E-state index in [0.29, 0.717) is 5.82 Å². The van der Waals surface area contributed by atoms with Gasteiger partial charge in [0.15, 0.2) is 5.82 Å². The Balaban J connectivity index is 1.10. The van der Waals surface area contributed by atoms with E-state index >= 15 is 0 Å². The van der Waals surface area contributed by atoms with Gasteiger partial charge in [-0.3, -0.25) is 0 Å². The van der Waals surface area contributed by atoms with Crippen molar-refractivity contribution in [1.29, 1.82) is 0 Å². The van der Waals surface area contributed by atoms with Crippen molar-refractivity contribution in [2.24, 2.45) is 0 Å². The first-order valence-corrected chi connectivity index (χ1v) is 20.0. The first-order valence-electron chi connectivity index (χ1n) is 20.0. The van der Waals surface area contributed by atoms with E-state index in [1.54, 1.807) is 0 Å². The maximum Gasteiger partial charge on any atom is 0.160 e. The van der Waals surface area contributed by atoms with Crippen molar-refractivity contribution in [2.45, 2.75) is 0 Å². The van der Waals surface area contributed by atoms with Crippen molar-refractivity contribution in [3.8, 4) is 78.4 Å². The minimum Gasteiger partial charge on any atom is -0.455 e. The van der Waals surface area contributed by atoms with Gasteiger partial charge in [0, 0.05) is 33.0 Å². The molecule has 0 bridgehead atoms. The highest BCUT2D eigenvalue weighted by molar-refractivity contribution is 6.24. The lowest BCUT2D eigenvalue weighted by Crippen LogP contribution is -1.96. The van der Waals surface area contributed by atoms with Gasteiger partial charge < -0.3 is 4.42 Å². The van der Waals surface area contributed by atoms with Gasteiger partial charge in [-0.15, -0.1) is 0 Å². The number of fused-ring (bicyclic) bond motifs is 5. The van der Waals surface area contributed by atoms with Gasteiger partial charge in [-0.25, -0.2) is 9.97 Å². The Labute approximate surface area is 342 Å². The molecule has 2 heterocycles. The number of aromatic nitrogens is 2. The molecule has 0 fully saturated rings. The molecule has 59 heavy (non-hydrogen) atoms. The van der Waals surface area contributed by atoms with Crippen LogP contribution in [0.1, 0.15) is 0 Å². The molecule has 11 aromatic rings. The van der Waals surface area contributed by atoms with E-state index in [4.69, 9.17) is 14.4 Å². The van der Waals surface area contributed by atoms with Crippen LogP contribution in [-0.2, 0) is 0 Å². The molecule has 3 nitrogen and oxygen atoms in total. The Morgan fingerprint density at radius 2 is 0.797 bits per heavy atom. The van der Waals surface area contributed by atoms with E-state index < -0.39 is 0 Å². The van der Waals surface area contributed by atoms with Gasteiger partial charge in [0.1, 0.15) is 11.2 Å². The van der Waals surface area contributed by atoms with E-state index in [9.17, 15) is 0 Å². The molecule has 0 aliphatic rings. The summed E-state index contributed by atoms with van der Waals surface area (Å²) in [6.07, 6.45) is 0. The Bertz CT molecular complexity index is 3170. The van der Waals surface area contributed by atoms with Crippen LogP contribution in [0.4, 0.5) is 0 Å². The van der Waals surface area contributed by atoms with Crippen LogP contribution >= 0.6 is 0 Å². The number of benzene rings is 9. The zero-order valence-electron chi connectivity index (χ0n) is 32.1. The van der Waals surface area contributed by atoms with E-state index in [1.807, 2.05) is 24.3 Å². The number of hydrogen-bond donors (Lipinski definition) is 0. The molecule has 0 saturated carbocycles. The Morgan fingerprint density at radius 3 is 1.42 bits per heavy atom. The smallest absolute Gasteiger partial charge is 0.160 e. The Kier molecular flexibility index (Phi) is 8.49. The number of hydrogen-bond acceptors (Lipinski definition) is 3. The fraction of sp³-hybridized carbons (Fsp3) is 0. The first-order chi connectivity index (χ1) is 29.2. The predicted molar refractivity (Wildman–Crippen MR) is 245 cm³/mol. The third-order valence-corrected chi connectivity index (χ3v) is 11.3. The summed E-state index contributed by atoms with van der Waals surface area (Å²) in [6, 6.07) is 76.9. The molecule has 0 saturated heterocycles. The van der Waals surface area contributed by atoms with Crippen molar-refractivity contribution in [2.75, 3.05) is 0 Å². The number of furan rings is 1. The topological polar surface area (TPSA) is 38.9 Å². The minimum absolute atomic E-state index is 0.680. The second kappa shape index (κ2) is 14.6. The molecule has 0 radical (unpaired) electrons. The summed E-state index contributed by atoms with van der Waals surface area (Å²) in [7, 11) is 0. The summed E-state index contributed by atoms with van der Waals surface area (Å²) in [4.78, 5) is 10.4. The number of rotatable bonds is 7. The molecule has 0 spiro atoms. The molecule has 3 heteroatoms. The monoisotopic (exact) mass is 752 g/mol. The van der Waals surface area contributed by atoms with E-state index in [-0.39, 0.29) is 0 Å². The molecular formula is C56H36N2O. The fourth-order valence-corrected chi connectivity index (χ4v) is 8.37. The van der Waals surface area contributed by atoms with Gasteiger partial charge in [0.05, 0.1) is 11.4 Å². The van der Waals surface area contributed by atoms with Crippen molar-refractivity contribution < 1.29 is 4.42 Å². The normalized spacial score (nSPS) is 11.4. The lowest BCUT2D eigenvalue weighted by Gasteiger charge is -2.13. The summed E-state index contributed by atoms with van der Waals surface area (Å²) in [6.45, 7) is 0. The van der Waals surface area contributed by atoms with Crippen molar-refractivity contribution in [3.05, 3.63) is 218 Å². The highest BCUT2D eigenvalue weighted by Gasteiger charge is 2.21. The molecule has 2 aromatic heterocycles. The SMILES string of the molecule is c1ccc(-c2cc(-c3ccccc3)cc(-c3ccc(-c4ccc(-c5cc(-c6ccccc6)nc(-c6ccccc6)n5)c5c4oc4ccc6ccccc6c45)cc3)c2)cc1. The van der Waals surface area contributed by atoms with E-state index in [0.717, 1.165) is 77.5 Å². The summed E-state index contributed by atoms with van der Waals surface area (Å²) >= 11 is 0. The zero-order chi connectivity index (χ0) is 39.1. The highest BCUT2D eigenvalue weighted by atomic mass is 16.3. The Hall–Kier alpha value is -7.88. The molecule has 0 N–H and O–H groups in total. The fourth-order valence-electron chi connectivity index (χ4n) is 8.37. The van der Waals surface area contributed by atoms with Gasteiger partial charge in [-0.2, -0.15) is 0 Å². The van der Waals surface area contributed by atoms with Crippen molar-refractivity contribution >= 4 is 32.7 Å². The largest absolute Gasteiger partial charge is 0.455 e. The molecule has 0 aliphatic carbocycles. The van der Waals surface area contributed by atoms with E-state index in [1.165, 1.54) is 27.8 Å². The second-order valence-electron chi connectivity index (χ2n) is 14.9. The molecule has 0 atom stereocenters. The van der Waals surface area contributed by atoms with Gasteiger partial charge in [0.2, 0.25) is 0 Å². The van der Waals surface area contributed by atoms with Crippen LogP contribution < -0.4 is 0 Å². The third-order valence-electron chi connectivity index (χ3n) is 11.3. The lowest BCUT2D eigenvalue weighted by atomic mass is 9.92. The second-order valence-corrected chi connectivity index (χ2v) is 14.9. The third kappa shape index (κ3) is 6.36. The Morgan fingerprint density at radius 1 is 0.305 bits per heavy atom. The standard InChI is InChI=1S/C56H36N2O/c1-5-15-37(16-6-1)44-33-45(38-17-7-2-8-18-38)35-46(34-44)39-25-27-41(28-26-39)48-30-31-49(54-53-47-24-14-13-19-40(47)29-32-52(53)59-55(48)54)51-36-50(42-20-9-3-10-21-42)57-56(58-51)43-22-11-4-12-23-43/h1-36H. The maximum atomic E-state index is 6.94. The maximum absolute atomic E-state index is 6.94. The van der Waals surface area contributed by atoms with Crippen LogP contribution in [0.25, 0.3) is 111 Å². The van der Waals surface area contributed by atoms with Gasteiger partial charge in [-0.1, -0.05) is 182 Å². The van der Waals surface area contributed by atoms with Gasteiger partial charge in [-0.05, 0) is 86.1 Å². The predicted octanol–water partition coefficient (Wildman–Crippen LogP) is 15.2. The molecular weight excluding hydrogens is 717 g/mol. The van der Waals surface area contributed by atoms with Gasteiger partial charge in [0.25, 0.3) is 0 Å². The van der Waals surface area contributed by atoms with E-state index in [2.05, 4.69) is 194 Å². The summed E-state index contributed by atoms with van der Waals surface area (Å²) < 4.78 is 6.94. The lowest BCUT2D eigenvalue weighted by molar-refractivity contribution is 0.670. The molecule has 0 unspecified atom stereocenters. The minimum atomic E-state index is 0.680. The van der Waals surface area contributed by atoms with Crippen molar-refractivity contribution in [1.82, 2.24) is 9.97 Å². The van der Waals surface area contributed by atoms with Crippen LogP contribution in [0.15, 0.2) is 223 Å². The molecule has 0 amide bonds. The molecule has 276 valence electrons. The van der Waals surface area contributed by atoms with Crippen LogP contribution in [0.5, 0.6) is 0 Å². The van der Waals surface area contributed by atoms with Crippen LogP contribution in [-0.4, -0.2) is 9.97 Å². The number of nitrogens with zero attached hydrogens (tertiary/aromatic N) is 2. The average Bonchev–Trinajstić information content (AvgIpc) is 3.73. The average molecular weight is 753 g/mol. The quantitative estimate of drug-likeness (QED) is 0.163. The summed E-state index contributed by atoms with van der Waals surface area (Å²) in [5, 5.41) is 4.43. The van der Waals surface area contributed by atoms with Crippen LogP contribution in [0.3, 0.4) is 0 Å². The van der Waals surface area contributed by atoms with Crippen molar-refractivity contribution in [3.63, 3.8) is 0 Å². The van der Waals surface area contributed by atoms with Gasteiger partial charge >= 0.3 is 0 Å². The summed E-state index contributed by atoms with van der Waals surface area (Å²) in [5.74, 6) is 0.680. The molecule has 9 aromatic carbocycles. The highest BCUT2D eigenvalue weighted by Crippen LogP contribution is 2.45. The summed E-state index contributed by atoms with van der Waals surface area (Å²) in [5.41, 5.74) is 15.6. The van der Waals surface area contributed by atoms with Crippen LogP contribution in [0.2, 0.25) is 0 Å².